The van der Waals surface area contributed by atoms with Crippen LogP contribution in [0, 0.1) is 0 Å². The van der Waals surface area contributed by atoms with Crippen molar-refractivity contribution in [2.75, 3.05) is 0 Å². The Hall–Kier alpha value is -1.65. The molecule has 0 aliphatic rings. The molecule has 0 radical (unpaired) electrons. The van der Waals surface area contributed by atoms with E-state index < -0.39 is 15.1 Å². The third kappa shape index (κ3) is 4.91. The number of carbonyl (C=O) groups excluding carboxylic acids is 1. The Kier molecular flexibility index (Phi) is 5.60. The molecule has 0 saturated carbocycles. The molecule has 0 spiro atoms. The van der Waals surface area contributed by atoms with E-state index in [1.165, 1.54) is 0 Å². The number of ketones is 1. The summed E-state index contributed by atoms with van der Waals surface area (Å²) in [5.41, 5.74) is 2.11. The molecule has 5 heteroatoms. The fourth-order valence-electron chi connectivity index (χ4n) is 2.12. The molecule has 0 heterocycles. The number of Topliss-reactive ketones (excluding diaryl/α,β-unsaturated/α-hetero) is 1. The molecule has 122 valence electrons. The minimum absolute atomic E-state index is 0.00652. The number of rotatable bonds is 6. The van der Waals surface area contributed by atoms with E-state index in [-0.39, 0.29) is 18.0 Å². The molecule has 2 aromatic carbocycles. The molecule has 2 rings (SSSR count). The minimum atomic E-state index is -3.14. The van der Waals surface area contributed by atoms with E-state index in [0.29, 0.717) is 16.1 Å². The highest BCUT2D eigenvalue weighted by molar-refractivity contribution is 7.91. The summed E-state index contributed by atoms with van der Waals surface area (Å²) in [7, 11) is -3.14. The van der Waals surface area contributed by atoms with Crippen LogP contribution in [0.25, 0.3) is 0 Å². The first kappa shape index (κ1) is 17.7. The zero-order chi connectivity index (χ0) is 17.0. The summed E-state index contributed by atoms with van der Waals surface area (Å²) in [5.74, 6) is -0.0292. The first-order valence-corrected chi connectivity index (χ1v) is 9.45. The molecular formula is C18H19ClO3S. The van der Waals surface area contributed by atoms with Crippen molar-refractivity contribution in [1.82, 2.24) is 0 Å². The Morgan fingerprint density at radius 3 is 2.26 bits per heavy atom. The molecule has 3 nitrogen and oxygen atoms in total. The summed E-state index contributed by atoms with van der Waals surface area (Å²) >= 11 is 5.91. The van der Waals surface area contributed by atoms with Crippen LogP contribution in [0.3, 0.4) is 0 Å². The fourth-order valence-corrected chi connectivity index (χ4v) is 3.32. The highest BCUT2D eigenvalue weighted by Crippen LogP contribution is 2.15. The molecule has 0 amide bonds. The number of hydrogen-bond acceptors (Lipinski definition) is 3. The van der Waals surface area contributed by atoms with E-state index in [0.717, 1.165) is 5.56 Å². The quantitative estimate of drug-likeness (QED) is 0.737. The van der Waals surface area contributed by atoms with Gasteiger partial charge in [-0.05, 0) is 37.1 Å². The highest BCUT2D eigenvalue weighted by atomic mass is 35.5. The van der Waals surface area contributed by atoms with Crippen molar-refractivity contribution in [3.63, 3.8) is 0 Å². The zero-order valence-corrected chi connectivity index (χ0v) is 14.7. The van der Waals surface area contributed by atoms with Crippen molar-refractivity contribution in [3.8, 4) is 0 Å². The van der Waals surface area contributed by atoms with Gasteiger partial charge >= 0.3 is 0 Å². The van der Waals surface area contributed by atoms with Crippen LogP contribution in [0.5, 0.6) is 0 Å². The van der Waals surface area contributed by atoms with Crippen LogP contribution in [-0.4, -0.2) is 19.5 Å². The molecule has 0 atom stereocenters. The highest BCUT2D eigenvalue weighted by Gasteiger charge is 2.17. The smallest absolute Gasteiger partial charge is 0.167 e. The van der Waals surface area contributed by atoms with Gasteiger partial charge in [0.1, 0.15) is 0 Å². The van der Waals surface area contributed by atoms with E-state index in [1.807, 2.05) is 12.1 Å². The molecule has 0 fully saturated rings. The van der Waals surface area contributed by atoms with Gasteiger partial charge in [-0.25, -0.2) is 8.42 Å². The minimum Gasteiger partial charge on any atom is -0.294 e. The third-order valence-electron chi connectivity index (χ3n) is 3.62. The molecule has 23 heavy (non-hydrogen) atoms. The van der Waals surface area contributed by atoms with Gasteiger partial charge in [-0.15, -0.1) is 0 Å². The number of halogens is 1. The maximum Gasteiger partial charge on any atom is 0.167 e. The van der Waals surface area contributed by atoms with E-state index in [2.05, 4.69) is 0 Å². The molecule has 0 aliphatic carbocycles. The Labute approximate surface area is 142 Å². The summed E-state index contributed by atoms with van der Waals surface area (Å²) in [6, 6.07) is 14.0. The summed E-state index contributed by atoms with van der Waals surface area (Å²) in [6.07, 6.45) is 0.268. The van der Waals surface area contributed by atoms with Crippen LogP contribution in [-0.2, 0) is 22.0 Å². The van der Waals surface area contributed by atoms with Gasteiger partial charge in [0, 0.05) is 17.0 Å². The first-order valence-electron chi connectivity index (χ1n) is 7.36. The molecule has 2 aromatic rings. The van der Waals surface area contributed by atoms with Gasteiger partial charge in [0.05, 0.1) is 11.0 Å². The van der Waals surface area contributed by atoms with Crippen molar-refractivity contribution in [2.45, 2.75) is 31.3 Å². The Balaban J connectivity index is 2.09. The van der Waals surface area contributed by atoms with Crippen molar-refractivity contribution in [1.29, 1.82) is 0 Å². The van der Waals surface area contributed by atoms with Crippen molar-refractivity contribution >= 4 is 27.2 Å². The third-order valence-corrected chi connectivity index (χ3v) is 6.02. The van der Waals surface area contributed by atoms with Crippen LogP contribution in [0.15, 0.2) is 48.5 Å². The SMILES string of the molecule is CC(C)S(=O)(=O)Cc1ccc(C(=O)Cc2cccc(Cl)c2)cc1. The molecule has 0 aromatic heterocycles. The lowest BCUT2D eigenvalue weighted by molar-refractivity contribution is 0.0993. The molecular weight excluding hydrogens is 332 g/mol. The van der Waals surface area contributed by atoms with Crippen molar-refractivity contribution in [2.24, 2.45) is 0 Å². The predicted molar refractivity (Wildman–Crippen MR) is 93.7 cm³/mol. The Bertz CT molecular complexity index is 793. The average molecular weight is 351 g/mol. The van der Waals surface area contributed by atoms with E-state index in [4.69, 9.17) is 11.6 Å². The normalized spacial score (nSPS) is 11.7. The summed E-state index contributed by atoms with van der Waals surface area (Å²) in [4.78, 5) is 12.3. The van der Waals surface area contributed by atoms with Crippen LogP contribution in [0.2, 0.25) is 5.02 Å². The van der Waals surface area contributed by atoms with Crippen LogP contribution >= 0.6 is 11.6 Å². The largest absolute Gasteiger partial charge is 0.294 e. The van der Waals surface area contributed by atoms with E-state index in [1.54, 1.807) is 50.2 Å². The monoisotopic (exact) mass is 350 g/mol. The van der Waals surface area contributed by atoms with Gasteiger partial charge in [0.15, 0.2) is 15.6 Å². The van der Waals surface area contributed by atoms with E-state index in [9.17, 15) is 13.2 Å². The molecule has 0 bridgehead atoms. The van der Waals surface area contributed by atoms with Gasteiger partial charge in [-0.3, -0.25) is 4.79 Å². The molecule has 0 saturated heterocycles. The number of sulfone groups is 1. The fraction of sp³-hybridized carbons (Fsp3) is 0.278. The van der Waals surface area contributed by atoms with Gasteiger partial charge in [-0.1, -0.05) is 48.0 Å². The lowest BCUT2D eigenvalue weighted by Crippen LogP contribution is -2.16. The Morgan fingerprint density at radius 1 is 1.04 bits per heavy atom. The molecule has 0 unspecified atom stereocenters. The van der Waals surface area contributed by atoms with Crippen molar-refractivity contribution in [3.05, 3.63) is 70.2 Å². The average Bonchev–Trinajstić information content (AvgIpc) is 2.47. The summed E-state index contributed by atoms with van der Waals surface area (Å²) < 4.78 is 23.8. The number of carbonyl (C=O) groups is 1. The van der Waals surface area contributed by atoms with Gasteiger partial charge in [-0.2, -0.15) is 0 Å². The Morgan fingerprint density at radius 2 is 1.70 bits per heavy atom. The van der Waals surface area contributed by atoms with Crippen LogP contribution < -0.4 is 0 Å². The lowest BCUT2D eigenvalue weighted by atomic mass is 10.0. The topological polar surface area (TPSA) is 51.2 Å². The lowest BCUT2D eigenvalue weighted by Gasteiger charge is -2.08. The standard InChI is InChI=1S/C18H19ClO3S/c1-13(2)23(21,22)12-14-6-8-16(9-7-14)18(20)11-15-4-3-5-17(19)10-15/h3-10,13H,11-12H2,1-2H3. The van der Waals surface area contributed by atoms with Crippen LogP contribution in [0.4, 0.5) is 0 Å². The second kappa shape index (κ2) is 7.28. The number of benzene rings is 2. The predicted octanol–water partition coefficient (Wildman–Crippen LogP) is 4.09. The van der Waals surface area contributed by atoms with Gasteiger partial charge < -0.3 is 0 Å². The second-order valence-corrected chi connectivity index (χ2v) is 8.78. The van der Waals surface area contributed by atoms with Crippen molar-refractivity contribution < 1.29 is 13.2 Å². The van der Waals surface area contributed by atoms with Gasteiger partial charge in [0.25, 0.3) is 0 Å². The summed E-state index contributed by atoms with van der Waals surface area (Å²) in [6.45, 7) is 3.33. The molecule has 0 aliphatic heterocycles. The van der Waals surface area contributed by atoms with Gasteiger partial charge in [0.2, 0.25) is 0 Å². The van der Waals surface area contributed by atoms with E-state index >= 15 is 0 Å². The number of hydrogen-bond donors (Lipinski definition) is 0. The van der Waals surface area contributed by atoms with Crippen LogP contribution in [0.1, 0.15) is 35.3 Å². The first-order chi connectivity index (χ1) is 10.8. The maximum atomic E-state index is 12.3. The second-order valence-electron chi connectivity index (χ2n) is 5.78. The molecule has 0 N–H and O–H groups in total. The maximum absolute atomic E-state index is 12.3. The summed E-state index contributed by atoms with van der Waals surface area (Å²) in [5, 5.41) is 0.191. The zero-order valence-electron chi connectivity index (χ0n) is 13.1.